The monoisotopic (exact) mass is 307 g/mol. The number of fused-ring (bicyclic) bond motifs is 1. The van der Waals surface area contributed by atoms with E-state index in [0.29, 0.717) is 24.5 Å². The molecule has 118 valence electrons. The van der Waals surface area contributed by atoms with E-state index in [2.05, 4.69) is 14.9 Å². The van der Waals surface area contributed by atoms with Crippen LogP contribution in [0.5, 0.6) is 0 Å². The predicted molar refractivity (Wildman–Crippen MR) is 72.5 cm³/mol. The third-order valence-corrected chi connectivity index (χ3v) is 4.15. The van der Waals surface area contributed by atoms with Crippen LogP contribution >= 0.6 is 0 Å². The van der Waals surface area contributed by atoms with Crippen LogP contribution in [-0.2, 0) is 20.8 Å². The third kappa shape index (κ3) is 2.42. The number of hydrogen-bond acceptors (Lipinski definition) is 6. The quantitative estimate of drug-likeness (QED) is 0.654. The molecule has 3 rings (SSSR count). The largest absolute Gasteiger partial charge is 0.338 e. The van der Waals surface area contributed by atoms with Gasteiger partial charge in [-0.15, -0.1) is 0 Å². The van der Waals surface area contributed by atoms with E-state index in [1.807, 2.05) is 0 Å². The number of likely N-dealkylation sites (N-methyl/N-ethyl adjacent to an activating group) is 1. The molecule has 9 nitrogen and oxygen atoms in total. The molecule has 22 heavy (non-hydrogen) atoms. The minimum absolute atomic E-state index is 0.0734. The number of rotatable bonds is 2. The molecule has 2 aliphatic heterocycles. The van der Waals surface area contributed by atoms with Crippen molar-refractivity contribution in [3.8, 4) is 0 Å². The van der Waals surface area contributed by atoms with Crippen LogP contribution < -0.4 is 0 Å². The van der Waals surface area contributed by atoms with Gasteiger partial charge in [0.25, 0.3) is 0 Å². The lowest BCUT2D eigenvalue weighted by Gasteiger charge is -2.45. The van der Waals surface area contributed by atoms with Crippen LogP contribution in [0.25, 0.3) is 0 Å². The Morgan fingerprint density at radius 2 is 2.09 bits per heavy atom. The zero-order valence-corrected chi connectivity index (χ0v) is 12.5. The summed E-state index contributed by atoms with van der Waals surface area (Å²) in [7, 11) is 1.60. The molecule has 1 atom stereocenters. The van der Waals surface area contributed by atoms with Gasteiger partial charge in [0.05, 0.1) is 19.5 Å². The molecular formula is C13H17N5O4. The van der Waals surface area contributed by atoms with Crippen molar-refractivity contribution in [3.63, 3.8) is 0 Å². The Labute approximate surface area is 126 Å². The topological polar surface area (TPSA) is 99.8 Å². The minimum atomic E-state index is -0.583. The molecule has 2 saturated heterocycles. The van der Waals surface area contributed by atoms with Crippen molar-refractivity contribution in [2.45, 2.75) is 19.4 Å². The van der Waals surface area contributed by atoms with E-state index in [-0.39, 0.29) is 37.2 Å². The van der Waals surface area contributed by atoms with Crippen LogP contribution in [0.4, 0.5) is 0 Å². The maximum Gasteiger partial charge on any atom is 0.247 e. The molecule has 0 radical (unpaired) electrons. The van der Waals surface area contributed by atoms with Gasteiger partial charge in [0.2, 0.25) is 17.7 Å². The second-order valence-electron chi connectivity index (χ2n) is 5.61. The highest BCUT2D eigenvalue weighted by Gasteiger charge is 2.42. The number of aryl methyl sites for hydroxylation is 1. The second-order valence-corrected chi connectivity index (χ2v) is 5.61. The van der Waals surface area contributed by atoms with Crippen LogP contribution in [0.1, 0.15) is 11.4 Å². The molecule has 0 spiro atoms. The number of carbonyl (C=O) groups is 3. The zero-order valence-electron chi connectivity index (χ0n) is 12.5. The summed E-state index contributed by atoms with van der Waals surface area (Å²) < 4.78 is 4.58. The molecule has 0 N–H and O–H groups in total. The van der Waals surface area contributed by atoms with E-state index in [1.165, 1.54) is 4.90 Å². The van der Waals surface area contributed by atoms with E-state index >= 15 is 0 Å². The van der Waals surface area contributed by atoms with Gasteiger partial charge in [0, 0.05) is 20.1 Å². The van der Waals surface area contributed by atoms with Crippen molar-refractivity contribution < 1.29 is 19.0 Å². The summed E-state index contributed by atoms with van der Waals surface area (Å²) in [4.78, 5) is 41.1. The number of hydrogen-bond donors (Lipinski definition) is 0. The maximum absolute atomic E-state index is 12.4. The summed E-state index contributed by atoms with van der Waals surface area (Å²) in [5.74, 6) is -0.348. The Hall–Kier alpha value is -2.45. The lowest BCUT2D eigenvalue weighted by molar-refractivity contribution is -0.160. The van der Waals surface area contributed by atoms with Crippen molar-refractivity contribution in [2.75, 3.05) is 33.2 Å². The average molecular weight is 307 g/mol. The maximum atomic E-state index is 12.4. The first-order valence-electron chi connectivity index (χ1n) is 7.07. The first-order chi connectivity index (χ1) is 10.5. The van der Waals surface area contributed by atoms with E-state index in [1.54, 1.807) is 23.8 Å². The normalized spacial score (nSPS) is 22.1. The lowest BCUT2D eigenvalue weighted by Crippen LogP contribution is -2.66. The fraction of sp³-hybridized carbons (Fsp3) is 0.615. The van der Waals surface area contributed by atoms with E-state index in [9.17, 15) is 14.4 Å². The SMILES string of the molecule is Cc1nonc1CC(=O)N1CCN2C(=O)CN(C)C(=O)[C@@H]2C1. The minimum Gasteiger partial charge on any atom is -0.338 e. The average Bonchev–Trinajstić information content (AvgIpc) is 2.89. The summed E-state index contributed by atoms with van der Waals surface area (Å²) >= 11 is 0. The number of piperazine rings is 2. The molecule has 0 saturated carbocycles. The van der Waals surface area contributed by atoms with Crippen LogP contribution in [0, 0.1) is 6.92 Å². The summed E-state index contributed by atoms with van der Waals surface area (Å²) in [6.45, 7) is 2.84. The van der Waals surface area contributed by atoms with Gasteiger partial charge in [-0.3, -0.25) is 14.4 Å². The number of carbonyl (C=O) groups excluding carboxylic acids is 3. The summed E-state index contributed by atoms with van der Waals surface area (Å²) in [6.07, 6.45) is 0.0834. The van der Waals surface area contributed by atoms with Crippen molar-refractivity contribution in [2.24, 2.45) is 0 Å². The van der Waals surface area contributed by atoms with Gasteiger partial charge in [-0.05, 0) is 6.92 Å². The molecule has 0 aliphatic carbocycles. The van der Waals surface area contributed by atoms with E-state index in [4.69, 9.17) is 0 Å². The highest BCUT2D eigenvalue weighted by Crippen LogP contribution is 2.18. The molecule has 1 aromatic rings. The first kappa shape index (κ1) is 14.5. The Balaban J connectivity index is 1.70. The van der Waals surface area contributed by atoms with Crippen molar-refractivity contribution in [1.29, 1.82) is 0 Å². The third-order valence-electron chi connectivity index (χ3n) is 4.15. The van der Waals surface area contributed by atoms with Crippen LogP contribution in [0.2, 0.25) is 0 Å². The van der Waals surface area contributed by atoms with Gasteiger partial charge in [0.1, 0.15) is 17.4 Å². The number of amides is 3. The van der Waals surface area contributed by atoms with Crippen LogP contribution in [0.15, 0.2) is 4.63 Å². The zero-order chi connectivity index (χ0) is 15.9. The predicted octanol–water partition coefficient (Wildman–Crippen LogP) is -1.57. The van der Waals surface area contributed by atoms with Gasteiger partial charge in [-0.2, -0.15) is 0 Å². The van der Waals surface area contributed by atoms with Gasteiger partial charge in [-0.25, -0.2) is 4.63 Å². The molecule has 2 fully saturated rings. The molecule has 0 bridgehead atoms. The highest BCUT2D eigenvalue weighted by atomic mass is 16.6. The van der Waals surface area contributed by atoms with Gasteiger partial charge in [0.15, 0.2) is 0 Å². The van der Waals surface area contributed by atoms with Gasteiger partial charge < -0.3 is 14.7 Å². The number of nitrogens with zero attached hydrogens (tertiary/aromatic N) is 5. The Morgan fingerprint density at radius 1 is 1.32 bits per heavy atom. The van der Waals surface area contributed by atoms with Crippen LogP contribution in [-0.4, -0.2) is 82.0 Å². The fourth-order valence-corrected chi connectivity index (χ4v) is 2.81. The molecule has 0 unspecified atom stereocenters. The van der Waals surface area contributed by atoms with Crippen LogP contribution in [0.3, 0.4) is 0 Å². The lowest BCUT2D eigenvalue weighted by atomic mass is 10.1. The molecule has 3 heterocycles. The summed E-state index contributed by atoms with van der Waals surface area (Å²) in [6, 6.07) is -0.583. The van der Waals surface area contributed by atoms with Crippen molar-refractivity contribution in [1.82, 2.24) is 25.0 Å². The number of aromatic nitrogens is 2. The highest BCUT2D eigenvalue weighted by molar-refractivity contribution is 5.95. The molecule has 3 amide bonds. The molecular weight excluding hydrogens is 290 g/mol. The van der Waals surface area contributed by atoms with E-state index in [0.717, 1.165) is 0 Å². The summed E-state index contributed by atoms with van der Waals surface area (Å²) in [5.41, 5.74) is 1.08. The molecule has 2 aliphatic rings. The molecule has 0 aromatic carbocycles. The fourth-order valence-electron chi connectivity index (χ4n) is 2.81. The Bertz CT molecular complexity index is 628. The van der Waals surface area contributed by atoms with E-state index < -0.39 is 6.04 Å². The first-order valence-corrected chi connectivity index (χ1v) is 7.07. The van der Waals surface area contributed by atoms with Crippen molar-refractivity contribution >= 4 is 17.7 Å². The van der Waals surface area contributed by atoms with Gasteiger partial charge >= 0.3 is 0 Å². The van der Waals surface area contributed by atoms with Crippen molar-refractivity contribution in [3.05, 3.63) is 11.4 Å². The van der Waals surface area contributed by atoms with Gasteiger partial charge in [-0.1, -0.05) is 10.3 Å². The molecule has 9 heteroatoms. The Kier molecular flexibility index (Phi) is 3.55. The second kappa shape index (κ2) is 5.39. The Morgan fingerprint density at radius 3 is 2.77 bits per heavy atom. The smallest absolute Gasteiger partial charge is 0.247 e. The standard InChI is InChI=1S/C13H17N5O4/c1-8-9(15-22-14-8)5-11(19)17-3-4-18-10(6-17)13(21)16(2)7-12(18)20/h10H,3-7H2,1-2H3/t10-/m0/s1. The molecule has 1 aromatic heterocycles. The summed E-state index contributed by atoms with van der Waals surface area (Å²) in [5, 5.41) is 7.34.